The van der Waals surface area contributed by atoms with Crippen molar-refractivity contribution in [3.8, 4) is 5.69 Å². The molecule has 0 unspecified atom stereocenters. The summed E-state index contributed by atoms with van der Waals surface area (Å²) in [5.74, 6) is 0.633. The molecular weight excluding hydrogens is 502 g/mol. The number of anilines is 1. The van der Waals surface area contributed by atoms with Crippen LogP contribution in [0.15, 0.2) is 59.5 Å². The maximum absolute atomic E-state index is 13.7. The van der Waals surface area contributed by atoms with Crippen molar-refractivity contribution in [1.29, 1.82) is 0 Å². The Morgan fingerprint density at radius 2 is 1.89 bits per heavy atom. The summed E-state index contributed by atoms with van der Waals surface area (Å²) in [6, 6.07) is 15.3. The second-order valence-electron chi connectivity index (χ2n) is 10.0. The highest BCUT2D eigenvalue weighted by Gasteiger charge is 2.26. The Hall–Kier alpha value is -4.11. The van der Waals surface area contributed by atoms with E-state index in [0.717, 1.165) is 53.3 Å². The molecule has 194 valence electrons. The molecule has 0 bridgehead atoms. The molecule has 0 atom stereocenters. The first-order valence-electron chi connectivity index (χ1n) is 12.8. The number of aromatic nitrogens is 5. The van der Waals surface area contributed by atoms with Gasteiger partial charge >= 0.3 is 5.69 Å². The SMILES string of the molecule is Cc1ncc(Cl)cc1C(=O)N[C@H]1CC[C@H](Cn2c(=O)n(-c3ccc4c(N)n[nH]c4c3)c3ccccc32)CC1. The molecule has 10 heteroatoms. The molecule has 5 aromatic rings. The van der Waals surface area contributed by atoms with Crippen LogP contribution in [0.1, 0.15) is 41.7 Å². The number of halogens is 1. The van der Waals surface area contributed by atoms with Gasteiger partial charge in [0.1, 0.15) is 0 Å². The molecule has 9 nitrogen and oxygen atoms in total. The minimum atomic E-state index is -0.142. The number of H-pyrrole nitrogens is 1. The van der Waals surface area contributed by atoms with Gasteiger partial charge in [0.15, 0.2) is 5.82 Å². The minimum Gasteiger partial charge on any atom is -0.382 e. The van der Waals surface area contributed by atoms with Gasteiger partial charge in [0.25, 0.3) is 5.91 Å². The zero-order chi connectivity index (χ0) is 26.4. The number of hydrogen-bond acceptors (Lipinski definition) is 5. The maximum Gasteiger partial charge on any atom is 0.333 e. The summed E-state index contributed by atoms with van der Waals surface area (Å²) in [4.78, 5) is 30.7. The van der Waals surface area contributed by atoms with Gasteiger partial charge in [-0.25, -0.2) is 4.79 Å². The molecular formula is C28H28ClN7O2. The predicted octanol–water partition coefficient (Wildman–Crippen LogP) is 4.60. The van der Waals surface area contributed by atoms with Gasteiger partial charge in [-0.05, 0) is 74.9 Å². The van der Waals surface area contributed by atoms with Crippen LogP contribution >= 0.6 is 11.6 Å². The smallest absolute Gasteiger partial charge is 0.333 e. The number of benzene rings is 2. The monoisotopic (exact) mass is 529 g/mol. The number of nitrogens with two attached hydrogens (primary N) is 1. The molecule has 1 aliphatic rings. The number of nitrogens with one attached hydrogen (secondary N) is 2. The molecule has 0 saturated heterocycles. The van der Waals surface area contributed by atoms with Crippen molar-refractivity contribution < 1.29 is 4.79 Å². The van der Waals surface area contributed by atoms with Crippen molar-refractivity contribution >= 4 is 45.3 Å². The van der Waals surface area contributed by atoms with Gasteiger partial charge in [0.2, 0.25) is 0 Å². The van der Waals surface area contributed by atoms with Crippen LogP contribution in [-0.2, 0) is 6.54 Å². The number of nitrogens with zero attached hydrogens (tertiary/aromatic N) is 4. The minimum absolute atomic E-state index is 0.0719. The molecule has 2 aromatic carbocycles. The number of nitrogen functional groups attached to an aromatic ring is 1. The number of para-hydroxylation sites is 2. The summed E-state index contributed by atoms with van der Waals surface area (Å²) in [6.07, 6.45) is 5.10. The summed E-state index contributed by atoms with van der Waals surface area (Å²) in [7, 11) is 0. The number of pyridine rings is 1. The first-order chi connectivity index (χ1) is 18.4. The van der Waals surface area contributed by atoms with E-state index in [1.54, 1.807) is 23.8 Å². The number of carbonyl (C=O) groups excluding carboxylic acids is 1. The Kier molecular flexibility index (Phi) is 6.15. The van der Waals surface area contributed by atoms with Gasteiger partial charge in [-0.15, -0.1) is 0 Å². The molecule has 1 amide bonds. The zero-order valence-electron chi connectivity index (χ0n) is 20.9. The van der Waals surface area contributed by atoms with Crippen LogP contribution in [0.2, 0.25) is 5.02 Å². The summed E-state index contributed by atoms with van der Waals surface area (Å²) in [6.45, 7) is 2.43. The van der Waals surface area contributed by atoms with Gasteiger partial charge in [-0.1, -0.05) is 23.7 Å². The molecule has 1 saturated carbocycles. The van der Waals surface area contributed by atoms with Crippen LogP contribution in [0, 0.1) is 12.8 Å². The second-order valence-corrected chi connectivity index (χ2v) is 10.5. The van der Waals surface area contributed by atoms with E-state index in [1.165, 1.54) is 0 Å². The van der Waals surface area contributed by atoms with E-state index in [9.17, 15) is 9.59 Å². The summed E-state index contributed by atoms with van der Waals surface area (Å²) in [5.41, 5.74) is 10.3. The fourth-order valence-corrected chi connectivity index (χ4v) is 5.71. The third kappa shape index (κ3) is 4.32. The van der Waals surface area contributed by atoms with Crippen LogP contribution < -0.4 is 16.7 Å². The molecule has 0 aliphatic heterocycles. The maximum atomic E-state index is 13.7. The van der Waals surface area contributed by atoms with E-state index in [0.29, 0.717) is 34.6 Å². The van der Waals surface area contributed by atoms with Gasteiger partial charge in [-0.3, -0.25) is 24.0 Å². The van der Waals surface area contributed by atoms with Gasteiger partial charge < -0.3 is 11.1 Å². The Labute approximate surface area is 223 Å². The summed E-state index contributed by atoms with van der Waals surface area (Å²) in [5, 5.41) is 11.4. The number of amides is 1. The normalized spacial score (nSPS) is 17.7. The fourth-order valence-electron chi connectivity index (χ4n) is 5.55. The Balaban J connectivity index is 1.20. The van der Waals surface area contributed by atoms with Gasteiger partial charge in [0, 0.05) is 24.2 Å². The fraction of sp³-hybridized carbons (Fsp3) is 0.286. The molecule has 3 heterocycles. The molecule has 0 radical (unpaired) electrons. The average Bonchev–Trinajstić information content (AvgIpc) is 3.42. The Bertz CT molecular complexity index is 1730. The highest BCUT2D eigenvalue weighted by atomic mass is 35.5. The van der Waals surface area contributed by atoms with Crippen LogP contribution in [0.25, 0.3) is 27.6 Å². The third-order valence-electron chi connectivity index (χ3n) is 7.59. The molecule has 0 spiro atoms. The van der Waals surface area contributed by atoms with E-state index in [4.69, 9.17) is 17.3 Å². The lowest BCUT2D eigenvalue weighted by molar-refractivity contribution is 0.0919. The lowest BCUT2D eigenvalue weighted by atomic mass is 9.85. The van der Waals surface area contributed by atoms with Crippen molar-refractivity contribution in [2.45, 2.75) is 45.2 Å². The number of rotatable bonds is 5. The van der Waals surface area contributed by atoms with Gasteiger partial charge in [0.05, 0.1) is 38.5 Å². The van der Waals surface area contributed by atoms with Crippen molar-refractivity contribution in [2.75, 3.05) is 5.73 Å². The van der Waals surface area contributed by atoms with Crippen LogP contribution in [0.4, 0.5) is 5.82 Å². The second kappa shape index (κ2) is 9.64. The van der Waals surface area contributed by atoms with E-state index < -0.39 is 0 Å². The Morgan fingerprint density at radius 3 is 2.68 bits per heavy atom. The predicted molar refractivity (Wildman–Crippen MR) is 149 cm³/mol. The van der Waals surface area contributed by atoms with Crippen LogP contribution in [0.3, 0.4) is 0 Å². The number of hydrogen-bond donors (Lipinski definition) is 3. The summed E-state index contributed by atoms with van der Waals surface area (Å²) >= 11 is 6.04. The number of carbonyl (C=O) groups is 1. The number of aromatic amines is 1. The van der Waals surface area contributed by atoms with E-state index in [1.807, 2.05) is 47.0 Å². The van der Waals surface area contributed by atoms with Crippen molar-refractivity contribution in [3.05, 3.63) is 81.5 Å². The molecule has 1 fully saturated rings. The average molecular weight is 530 g/mol. The standard InChI is InChI=1S/C28H28ClN7O2/c1-16-22(12-18(29)14-31-16)27(37)32-19-8-6-17(7-9-19)15-35-24-4-2-3-5-25(24)36(28(35)38)20-10-11-21-23(13-20)33-34-26(21)30/h2-5,10-14,17,19H,6-9,15H2,1H3,(H,32,37)(H3,30,33,34)/t17-,19-. The molecule has 4 N–H and O–H groups in total. The first kappa shape index (κ1) is 24.2. The Morgan fingerprint density at radius 1 is 1.13 bits per heavy atom. The van der Waals surface area contributed by atoms with Crippen LogP contribution in [-0.4, -0.2) is 36.3 Å². The molecule has 38 heavy (non-hydrogen) atoms. The van der Waals surface area contributed by atoms with Crippen molar-refractivity contribution in [1.82, 2.24) is 29.6 Å². The third-order valence-corrected chi connectivity index (χ3v) is 7.80. The highest BCUT2D eigenvalue weighted by molar-refractivity contribution is 6.30. The van der Waals surface area contributed by atoms with E-state index in [-0.39, 0.29) is 17.6 Å². The topological polar surface area (TPSA) is 124 Å². The molecule has 3 aromatic heterocycles. The lowest BCUT2D eigenvalue weighted by Crippen LogP contribution is -2.39. The first-order valence-corrected chi connectivity index (χ1v) is 13.1. The molecule has 6 rings (SSSR count). The van der Waals surface area contributed by atoms with Crippen LogP contribution in [0.5, 0.6) is 0 Å². The quantitative estimate of drug-likeness (QED) is 0.307. The van der Waals surface area contributed by atoms with Gasteiger partial charge in [-0.2, -0.15) is 5.10 Å². The van der Waals surface area contributed by atoms with Crippen molar-refractivity contribution in [3.63, 3.8) is 0 Å². The number of aryl methyl sites for hydroxylation is 1. The lowest BCUT2D eigenvalue weighted by Gasteiger charge is -2.29. The number of imidazole rings is 1. The van der Waals surface area contributed by atoms with Crippen molar-refractivity contribution in [2.24, 2.45) is 5.92 Å². The van der Waals surface area contributed by atoms with E-state index in [2.05, 4.69) is 20.5 Å². The molecule has 1 aliphatic carbocycles. The largest absolute Gasteiger partial charge is 0.382 e. The number of fused-ring (bicyclic) bond motifs is 2. The summed E-state index contributed by atoms with van der Waals surface area (Å²) < 4.78 is 3.63. The highest BCUT2D eigenvalue weighted by Crippen LogP contribution is 2.28. The zero-order valence-corrected chi connectivity index (χ0v) is 21.7. The van der Waals surface area contributed by atoms with E-state index >= 15 is 0 Å².